The van der Waals surface area contributed by atoms with Gasteiger partial charge in [0.2, 0.25) is 0 Å². The normalized spacial score (nSPS) is 20.0. The van der Waals surface area contributed by atoms with Gasteiger partial charge in [0.1, 0.15) is 5.82 Å². The maximum Gasteiger partial charge on any atom is 0.167 e. The van der Waals surface area contributed by atoms with E-state index in [0.29, 0.717) is 37.4 Å². The van der Waals surface area contributed by atoms with Gasteiger partial charge in [-0.2, -0.15) is 0 Å². The molecule has 150 valence electrons. The summed E-state index contributed by atoms with van der Waals surface area (Å²) in [5.41, 5.74) is 0.954. The van der Waals surface area contributed by atoms with Gasteiger partial charge in [-0.25, -0.2) is 13.2 Å². The molecule has 2 atom stereocenters. The summed E-state index contributed by atoms with van der Waals surface area (Å²) < 4.78 is 54.8. The largest absolute Gasteiger partial charge is 0.381 e. The number of ether oxygens (including phenoxy) is 2. The first kappa shape index (κ1) is 20.6. The highest BCUT2D eigenvalue weighted by atomic mass is 19.2. The van der Waals surface area contributed by atoms with Crippen LogP contribution in [0.5, 0.6) is 0 Å². The molecule has 0 radical (unpaired) electrons. The second kappa shape index (κ2) is 9.39. The van der Waals surface area contributed by atoms with E-state index in [-0.39, 0.29) is 17.0 Å². The van der Waals surface area contributed by atoms with Gasteiger partial charge in [-0.05, 0) is 38.3 Å². The SMILES string of the molecule is C/C=C/c1ccc(-c2ccc(C3CCC(COCC)CO3)c(F)c2F)cc1F. The molecule has 28 heavy (non-hydrogen) atoms. The quantitative estimate of drug-likeness (QED) is 0.576. The van der Waals surface area contributed by atoms with Crippen LogP contribution in [0.25, 0.3) is 17.2 Å². The highest BCUT2D eigenvalue weighted by Gasteiger charge is 2.27. The van der Waals surface area contributed by atoms with Crippen LogP contribution in [0.1, 0.15) is 43.9 Å². The van der Waals surface area contributed by atoms with E-state index < -0.39 is 23.6 Å². The van der Waals surface area contributed by atoms with Crippen LogP contribution in [-0.2, 0) is 9.47 Å². The van der Waals surface area contributed by atoms with Crippen molar-refractivity contribution in [2.45, 2.75) is 32.8 Å². The van der Waals surface area contributed by atoms with Crippen molar-refractivity contribution in [2.75, 3.05) is 19.8 Å². The average Bonchev–Trinajstić information content (AvgIpc) is 2.71. The molecule has 1 aliphatic rings. The summed E-state index contributed by atoms with van der Waals surface area (Å²) in [6.45, 7) is 5.45. The van der Waals surface area contributed by atoms with Crippen molar-refractivity contribution < 1.29 is 22.6 Å². The monoisotopic (exact) mass is 390 g/mol. The molecule has 0 spiro atoms. The minimum Gasteiger partial charge on any atom is -0.381 e. The summed E-state index contributed by atoms with van der Waals surface area (Å²) >= 11 is 0. The van der Waals surface area contributed by atoms with E-state index in [1.807, 2.05) is 6.92 Å². The molecule has 1 heterocycles. The van der Waals surface area contributed by atoms with E-state index >= 15 is 0 Å². The predicted octanol–water partition coefficient (Wildman–Crippen LogP) is 6.31. The van der Waals surface area contributed by atoms with Crippen LogP contribution >= 0.6 is 0 Å². The fourth-order valence-corrected chi connectivity index (χ4v) is 3.51. The zero-order valence-electron chi connectivity index (χ0n) is 16.2. The molecular weight excluding hydrogens is 365 g/mol. The molecule has 2 unspecified atom stereocenters. The molecule has 2 nitrogen and oxygen atoms in total. The van der Waals surface area contributed by atoms with E-state index in [1.54, 1.807) is 37.3 Å². The first-order chi connectivity index (χ1) is 13.5. The highest BCUT2D eigenvalue weighted by Crippen LogP contribution is 2.35. The van der Waals surface area contributed by atoms with Crippen molar-refractivity contribution in [3.05, 3.63) is 65.0 Å². The molecule has 0 bridgehead atoms. The molecule has 1 aliphatic heterocycles. The fourth-order valence-electron chi connectivity index (χ4n) is 3.51. The number of rotatable bonds is 6. The van der Waals surface area contributed by atoms with Crippen molar-refractivity contribution in [1.82, 2.24) is 0 Å². The van der Waals surface area contributed by atoms with Gasteiger partial charge in [-0.1, -0.05) is 36.4 Å². The Kier molecular flexibility index (Phi) is 6.92. The third-order valence-corrected chi connectivity index (χ3v) is 5.04. The summed E-state index contributed by atoms with van der Waals surface area (Å²) in [7, 11) is 0. The van der Waals surface area contributed by atoms with E-state index in [4.69, 9.17) is 9.47 Å². The number of hydrogen-bond acceptors (Lipinski definition) is 2. The van der Waals surface area contributed by atoms with Crippen molar-refractivity contribution in [1.29, 1.82) is 0 Å². The van der Waals surface area contributed by atoms with Gasteiger partial charge in [0.25, 0.3) is 0 Å². The lowest BCUT2D eigenvalue weighted by molar-refractivity contribution is -0.0435. The van der Waals surface area contributed by atoms with Gasteiger partial charge >= 0.3 is 0 Å². The second-order valence-corrected chi connectivity index (χ2v) is 6.99. The first-order valence-corrected chi connectivity index (χ1v) is 9.65. The van der Waals surface area contributed by atoms with E-state index in [9.17, 15) is 13.2 Å². The van der Waals surface area contributed by atoms with E-state index in [2.05, 4.69) is 0 Å². The third kappa shape index (κ3) is 4.47. The predicted molar refractivity (Wildman–Crippen MR) is 104 cm³/mol. The Labute approximate surface area is 164 Å². The van der Waals surface area contributed by atoms with Gasteiger partial charge in [0.05, 0.1) is 19.3 Å². The molecule has 5 heteroatoms. The summed E-state index contributed by atoms with van der Waals surface area (Å²) in [6.07, 6.45) is 4.31. The van der Waals surface area contributed by atoms with Gasteiger partial charge in [-0.15, -0.1) is 0 Å². The van der Waals surface area contributed by atoms with Crippen LogP contribution in [0, 0.1) is 23.4 Å². The van der Waals surface area contributed by atoms with Crippen LogP contribution in [0.15, 0.2) is 36.4 Å². The lowest BCUT2D eigenvalue weighted by atomic mass is 9.93. The maximum atomic E-state index is 14.7. The van der Waals surface area contributed by atoms with Gasteiger partial charge in [0, 0.05) is 29.2 Å². The first-order valence-electron chi connectivity index (χ1n) is 9.65. The molecule has 1 saturated heterocycles. The van der Waals surface area contributed by atoms with Crippen LogP contribution in [0.4, 0.5) is 13.2 Å². The van der Waals surface area contributed by atoms with Crippen molar-refractivity contribution in [3.63, 3.8) is 0 Å². The molecule has 1 fully saturated rings. The average molecular weight is 390 g/mol. The summed E-state index contributed by atoms with van der Waals surface area (Å²) in [4.78, 5) is 0. The minimum atomic E-state index is -0.976. The summed E-state index contributed by atoms with van der Waals surface area (Å²) in [6, 6.07) is 7.40. The minimum absolute atomic E-state index is 0.0391. The molecule has 0 saturated carbocycles. The Morgan fingerprint density at radius 3 is 2.57 bits per heavy atom. The van der Waals surface area contributed by atoms with Crippen LogP contribution in [-0.4, -0.2) is 19.8 Å². The standard InChI is InChI=1S/C23H25F3O2/c1-3-5-16-7-8-17(12-20(16)24)18-9-10-19(23(26)22(18)25)21-11-6-15(14-28-21)13-27-4-2/h3,5,7-10,12,15,21H,4,6,11,13-14H2,1-2H3/b5-3+. The van der Waals surface area contributed by atoms with Crippen LogP contribution in [0.2, 0.25) is 0 Å². The van der Waals surface area contributed by atoms with Gasteiger partial charge in [0.15, 0.2) is 11.6 Å². The molecule has 2 aromatic carbocycles. The van der Waals surface area contributed by atoms with Crippen molar-refractivity contribution in [2.24, 2.45) is 5.92 Å². The van der Waals surface area contributed by atoms with E-state index in [1.165, 1.54) is 12.1 Å². The lowest BCUT2D eigenvalue weighted by Crippen LogP contribution is -2.25. The van der Waals surface area contributed by atoms with Crippen LogP contribution < -0.4 is 0 Å². The Hall–Kier alpha value is -2.11. The van der Waals surface area contributed by atoms with Crippen LogP contribution in [0.3, 0.4) is 0 Å². The topological polar surface area (TPSA) is 18.5 Å². The molecule has 0 aliphatic carbocycles. The molecular formula is C23H25F3O2. The third-order valence-electron chi connectivity index (χ3n) is 5.04. The highest BCUT2D eigenvalue weighted by molar-refractivity contribution is 5.67. The smallest absolute Gasteiger partial charge is 0.167 e. The lowest BCUT2D eigenvalue weighted by Gasteiger charge is -2.29. The Balaban J connectivity index is 1.79. The van der Waals surface area contributed by atoms with Crippen molar-refractivity contribution >= 4 is 6.08 Å². The molecule has 2 aromatic rings. The van der Waals surface area contributed by atoms with Crippen molar-refractivity contribution in [3.8, 4) is 11.1 Å². The number of allylic oxidation sites excluding steroid dienone is 1. The molecule has 3 rings (SSSR count). The zero-order chi connectivity index (χ0) is 20.1. The number of hydrogen-bond donors (Lipinski definition) is 0. The second-order valence-electron chi connectivity index (χ2n) is 6.99. The maximum absolute atomic E-state index is 14.7. The number of halogens is 3. The Morgan fingerprint density at radius 1 is 1.11 bits per heavy atom. The molecule has 0 amide bonds. The van der Waals surface area contributed by atoms with Gasteiger partial charge < -0.3 is 9.47 Å². The van der Waals surface area contributed by atoms with E-state index in [0.717, 1.165) is 6.42 Å². The Bertz CT molecular complexity index is 840. The summed E-state index contributed by atoms with van der Waals surface area (Å²) in [5, 5.41) is 0. The fraction of sp³-hybridized carbons (Fsp3) is 0.391. The Morgan fingerprint density at radius 2 is 1.93 bits per heavy atom. The molecule has 0 N–H and O–H groups in total. The zero-order valence-corrected chi connectivity index (χ0v) is 16.2. The molecule has 0 aromatic heterocycles. The summed E-state index contributed by atoms with van der Waals surface area (Å²) in [5.74, 6) is -2.10. The van der Waals surface area contributed by atoms with Gasteiger partial charge in [-0.3, -0.25) is 0 Å². The number of benzene rings is 2.